The maximum Gasteiger partial charge on any atom is 0.242 e. The molecule has 8 nitrogen and oxygen atoms in total. The smallest absolute Gasteiger partial charge is 0.242 e. The second kappa shape index (κ2) is 6.16. The molecule has 0 aliphatic carbocycles. The topological polar surface area (TPSA) is 119 Å². The van der Waals surface area contributed by atoms with Gasteiger partial charge in [0.05, 0.1) is 4.90 Å². The summed E-state index contributed by atoms with van der Waals surface area (Å²) in [5, 5.41) is 6.46. The average Bonchev–Trinajstić information content (AvgIpc) is 3.04. The highest BCUT2D eigenvalue weighted by Crippen LogP contribution is 2.12. The minimum Gasteiger partial charge on any atom is -0.352 e. The number of nitrogens with zero attached hydrogens (tertiary/aromatic N) is 3. The van der Waals surface area contributed by atoms with Crippen LogP contribution in [-0.4, -0.2) is 34.7 Å². The molecule has 9 heteroatoms. The highest BCUT2D eigenvalue weighted by molar-refractivity contribution is 7.89. The highest BCUT2D eigenvalue weighted by atomic mass is 32.2. The SMILES string of the molecule is Cn1cc(S(=O)(=O)NCCCc2ncn[nH]2)cc1CN. The van der Waals surface area contributed by atoms with Gasteiger partial charge in [0.1, 0.15) is 12.2 Å². The second-order valence-corrected chi connectivity index (χ2v) is 6.18. The summed E-state index contributed by atoms with van der Waals surface area (Å²) in [5.74, 6) is 0.745. The zero-order valence-corrected chi connectivity index (χ0v) is 12.0. The van der Waals surface area contributed by atoms with Gasteiger partial charge in [-0.25, -0.2) is 18.1 Å². The molecule has 0 unspecified atom stereocenters. The van der Waals surface area contributed by atoms with E-state index in [2.05, 4.69) is 19.9 Å². The van der Waals surface area contributed by atoms with E-state index in [0.717, 1.165) is 11.5 Å². The van der Waals surface area contributed by atoms with Crippen LogP contribution >= 0.6 is 0 Å². The fraction of sp³-hybridized carbons (Fsp3) is 0.455. The molecule has 0 amide bonds. The first kappa shape index (κ1) is 14.7. The van der Waals surface area contributed by atoms with Crippen molar-refractivity contribution in [3.05, 3.63) is 30.1 Å². The van der Waals surface area contributed by atoms with Gasteiger partial charge in [-0.2, -0.15) is 5.10 Å². The molecular formula is C11H18N6O2S. The van der Waals surface area contributed by atoms with Crippen molar-refractivity contribution in [2.24, 2.45) is 12.8 Å². The maximum atomic E-state index is 12.1. The van der Waals surface area contributed by atoms with Crippen LogP contribution in [0, 0.1) is 0 Å². The Morgan fingerprint density at radius 2 is 2.30 bits per heavy atom. The summed E-state index contributed by atoms with van der Waals surface area (Å²) in [4.78, 5) is 4.21. The number of sulfonamides is 1. The van der Waals surface area contributed by atoms with Gasteiger partial charge in [0.25, 0.3) is 0 Å². The third-order valence-electron chi connectivity index (χ3n) is 2.95. The van der Waals surface area contributed by atoms with Crippen LogP contribution in [0.5, 0.6) is 0 Å². The molecule has 0 aliphatic rings. The van der Waals surface area contributed by atoms with E-state index < -0.39 is 10.0 Å². The van der Waals surface area contributed by atoms with Crippen molar-refractivity contribution in [1.29, 1.82) is 0 Å². The minimum atomic E-state index is -3.49. The zero-order valence-electron chi connectivity index (χ0n) is 11.2. The molecule has 0 radical (unpaired) electrons. The van der Waals surface area contributed by atoms with E-state index in [4.69, 9.17) is 5.73 Å². The quantitative estimate of drug-likeness (QED) is 0.596. The van der Waals surface area contributed by atoms with Crippen molar-refractivity contribution in [2.75, 3.05) is 6.54 Å². The van der Waals surface area contributed by atoms with E-state index in [1.54, 1.807) is 23.9 Å². The molecule has 0 atom stereocenters. The number of hydrogen-bond acceptors (Lipinski definition) is 5. The first-order valence-electron chi connectivity index (χ1n) is 6.22. The fourth-order valence-corrected chi connectivity index (χ4v) is 2.99. The van der Waals surface area contributed by atoms with Crippen LogP contribution < -0.4 is 10.5 Å². The van der Waals surface area contributed by atoms with Crippen molar-refractivity contribution >= 4 is 10.0 Å². The van der Waals surface area contributed by atoms with Crippen molar-refractivity contribution < 1.29 is 8.42 Å². The summed E-state index contributed by atoms with van der Waals surface area (Å²) in [6, 6.07) is 1.58. The minimum absolute atomic E-state index is 0.236. The zero-order chi connectivity index (χ0) is 14.6. The van der Waals surface area contributed by atoms with E-state index in [0.29, 0.717) is 25.9 Å². The number of nitrogens with one attached hydrogen (secondary N) is 2. The fourth-order valence-electron chi connectivity index (χ4n) is 1.82. The number of aromatic amines is 1. The lowest BCUT2D eigenvalue weighted by Gasteiger charge is -2.03. The summed E-state index contributed by atoms with van der Waals surface area (Å²) in [7, 11) is -1.72. The molecule has 2 aromatic heterocycles. The summed E-state index contributed by atoms with van der Waals surface area (Å²) in [5.41, 5.74) is 6.30. The molecule has 0 saturated carbocycles. The number of aryl methyl sites for hydroxylation is 2. The van der Waals surface area contributed by atoms with Gasteiger partial charge >= 0.3 is 0 Å². The third-order valence-corrected chi connectivity index (χ3v) is 4.38. The average molecular weight is 298 g/mol. The normalized spacial score (nSPS) is 11.9. The van der Waals surface area contributed by atoms with Gasteiger partial charge in [-0.3, -0.25) is 5.10 Å². The molecule has 110 valence electrons. The molecule has 2 aromatic rings. The predicted molar refractivity (Wildman–Crippen MR) is 73.2 cm³/mol. The summed E-state index contributed by atoms with van der Waals surface area (Å²) in [6.07, 6.45) is 4.27. The summed E-state index contributed by atoms with van der Waals surface area (Å²) >= 11 is 0. The number of nitrogens with two attached hydrogens (primary N) is 1. The van der Waals surface area contributed by atoms with E-state index in [-0.39, 0.29) is 4.90 Å². The van der Waals surface area contributed by atoms with Crippen molar-refractivity contribution in [3.63, 3.8) is 0 Å². The third kappa shape index (κ3) is 3.44. The Bertz CT molecular complexity index is 647. The van der Waals surface area contributed by atoms with E-state index in [9.17, 15) is 8.42 Å². The Balaban J connectivity index is 1.90. The Morgan fingerprint density at radius 1 is 1.50 bits per heavy atom. The molecule has 0 aromatic carbocycles. The van der Waals surface area contributed by atoms with Gasteiger partial charge < -0.3 is 10.3 Å². The molecular weight excluding hydrogens is 280 g/mol. The Labute approximate surface area is 117 Å². The lowest BCUT2D eigenvalue weighted by atomic mass is 10.3. The van der Waals surface area contributed by atoms with E-state index >= 15 is 0 Å². The number of rotatable bonds is 7. The van der Waals surface area contributed by atoms with Crippen LogP contribution in [-0.2, 0) is 30.0 Å². The van der Waals surface area contributed by atoms with Crippen LogP contribution in [0.2, 0.25) is 0 Å². The Morgan fingerprint density at radius 3 is 2.90 bits per heavy atom. The molecule has 0 bridgehead atoms. The molecule has 20 heavy (non-hydrogen) atoms. The largest absolute Gasteiger partial charge is 0.352 e. The van der Waals surface area contributed by atoms with E-state index in [1.807, 2.05) is 0 Å². The molecule has 0 aliphatic heterocycles. The second-order valence-electron chi connectivity index (χ2n) is 4.42. The van der Waals surface area contributed by atoms with Crippen LogP contribution in [0.15, 0.2) is 23.5 Å². The first-order chi connectivity index (χ1) is 9.53. The van der Waals surface area contributed by atoms with Crippen LogP contribution in [0.4, 0.5) is 0 Å². The monoisotopic (exact) mass is 298 g/mol. The summed E-state index contributed by atoms with van der Waals surface area (Å²) < 4.78 is 28.4. The van der Waals surface area contributed by atoms with Gasteiger partial charge in [0.2, 0.25) is 10.0 Å². The standard InChI is InChI=1S/C11H18N6O2S/c1-17-7-10(5-9(17)6-12)20(18,19)15-4-2-3-11-13-8-14-16-11/h5,7-8,15H,2-4,6,12H2,1H3,(H,13,14,16). The number of hydrogen-bond donors (Lipinski definition) is 3. The molecule has 2 rings (SSSR count). The maximum absolute atomic E-state index is 12.1. The van der Waals surface area contributed by atoms with Gasteiger partial charge in [-0.05, 0) is 12.5 Å². The van der Waals surface area contributed by atoms with Gasteiger partial charge in [-0.1, -0.05) is 0 Å². The first-order valence-corrected chi connectivity index (χ1v) is 7.70. The Kier molecular flexibility index (Phi) is 4.53. The summed E-state index contributed by atoms with van der Waals surface area (Å²) in [6.45, 7) is 0.646. The molecule has 4 N–H and O–H groups in total. The van der Waals surface area contributed by atoms with Gasteiger partial charge in [0, 0.05) is 38.4 Å². The van der Waals surface area contributed by atoms with Crippen LogP contribution in [0.1, 0.15) is 17.9 Å². The number of H-pyrrole nitrogens is 1. The predicted octanol–water partition coefficient (Wildman–Crippen LogP) is -0.487. The van der Waals surface area contributed by atoms with Crippen molar-refractivity contribution in [1.82, 2.24) is 24.5 Å². The highest BCUT2D eigenvalue weighted by Gasteiger charge is 2.16. The number of aromatic nitrogens is 4. The molecule has 0 fully saturated rings. The van der Waals surface area contributed by atoms with Crippen molar-refractivity contribution in [3.8, 4) is 0 Å². The lowest BCUT2D eigenvalue weighted by Crippen LogP contribution is -2.24. The molecule has 0 saturated heterocycles. The van der Waals surface area contributed by atoms with Crippen LogP contribution in [0.3, 0.4) is 0 Å². The van der Waals surface area contributed by atoms with E-state index in [1.165, 1.54) is 6.33 Å². The van der Waals surface area contributed by atoms with Gasteiger partial charge in [-0.15, -0.1) is 0 Å². The van der Waals surface area contributed by atoms with Crippen LogP contribution in [0.25, 0.3) is 0 Å². The lowest BCUT2D eigenvalue weighted by molar-refractivity contribution is 0.578. The molecule has 0 spiro atoms. The van der Waals surface area contributed by atoms with Gasteiger partial charge in [0.15, 0.2) is 0 Å². The Hall–Kier alpha value is -1.71. The van der Waals surface area contributed by atoms with Crippen molar-refractivity contribution in [2.45, 2.75) is 24.3 Å². The molecule has 2 heterocycles.